The van der Waals surface area contributed by atoms with Gasteiger partial charge in [0.2, 0.25) is 0 Å². The monoisotopic (exact) mass is 310 g/mol. The highest BCUT2D eigenvalue weighted by molar-refractivity contribution is 5.80. The molecule has 0 amide bonds. The summed E-state index contributed by atoms with van der Waals surface area (Å²) in [4.78, 5) is 9.87. The molecule has 0 radical (unpaired) electrons. The average Bonchev–Trinajstić information content (AvgIpc) is 2.84. The first-order chi connectivity index (χ1) is 10.3. The van der Waals surface area contributed by atoms with E-state index >= 15 is 0 Å². The molecule has 128 valence electrons. The van der Waals surface area contributed by atoms with Crippen LogP contribution < -0.4 is 5.32 Å². The number of nitrogens with one attached hydrogen (secondary N) is 1. The van der Waals surface area contributed by atoms with Crippen LogP contribution in [0.5, 0.6) is 0 Å². The van der Waals surface area contributed by atoms with Crippen LogP contribution in [0, 0.1) is 5.41 Å². The predicted octanol–water partition coefficient (Wildman–Crippen LogP) is 1.79. The highest BCUT2D eigenvalue weighted by atomic mass is 16.5. The molecule has 2 aliphatic heterocycles. The van der Waals surface area contributed by atoms with Crippen molar-refractivity contribution < 1.29 is 4.74 Å². The van der Waals surface area contributed by atoms with Crippen LogP contribution in [0.4, 0.5) is 0 Å². The third kappa shape index (κ3) is 4.59. The first-order valence-corrected chi connectivity index (χ1v) is 8.70. The van der Waals surface area contributed by atoms with E-state index in [2.05, 4.69) is 49.7 Å². The summed E-state index contributed by atoms with van der Waals surface area (Å²) in [6, 6.07) is 0. The Balaban J connectivity index is 2.00. The molecule has 0 spiro atoms. The number of morpholine rings is 1. The van der Waals surface area contributed by atoms with E-state index in [4.69, 9.17) is 9.73 Å². The third-order valence-corrected chi connectivity index (χ3v) is 4.79. The molecule has 2 rings (SSSR count). The Labute approximate surface area is 136 Å². The van der Waals surface area contributed by atoms with Gasteiger partial charge in [0.25, 0.3) is 0 Å². The summed E-state index contributed by atoms with van der Waals surface area (Å²) < 4.78 is 5.47. The maximum absolute atomic E-state index is 5.47. The van der Waals surface area contributed by atoms with Crippen LogP contribution in [0.25, 0.3) is 0 Å². The molecule has 0 aromatic carbocycles. The zero-order chi connectivity index (χ0) is 16.2. The lowest BCUT2D eigenvalue weighted by molar-refractivity contribution is -0.00688. The largest absolute Gasteiger partial charge is 0.379 e. The van der Waals surface area contributed by atoms with Crippen molar-refractivity contribution in [3.63, 3.8) is 0 Å². The van der Waals surface area contributed by atoms with Gasteiger partial charge < -0.3 is 15.0 Å². The van der Waals surface area contributed by atoms with Crippen LogP contribution in [-0.4, -0.2) is 73.8 Å². The van der Waals surface area contributed by atoms with Gasteiger partial charge in [-0.25, -0.2) is 0 Å². The molecule has 0 aromatic rings. The number of aliphatic imine (C=N–C) groups is 1. The van der Waals surface area contributed by atoms with Gasteiger partial charge in [0, 0.05) is 38.3 Å². The van der Waals surface area contributed by atoms with E-state index < -0.39 is 0 Å². The first-order valence-electron chi connectivity index (χ1n) is 8.70. The number of guanidine groups is 1. The highest BCUT2D eigenvalue weighted by Gasteiger charge is 2.32. The molecule has 22 heavy (non-hydrogen) atoms. The van der Waals surface area contributed by atoms with Crippen LogP contribution in [0.15, 0.2) is 4.99 Å². The minimum absolute atomic E-state index is 0.0830. The Morgan fingerprint density at radius 1 is 1.23 bits per heavy atom. The van der Waals surface area contributed by atoms with Gasteiger partial charge in [0.05, 0.1) is 19.8 Å². The second-order valence-corrected chi connectivity index (χ2v) is 7.92. The number of hydrogen-bond acceptors (Lipinski definition) is 3. The van der Waals surface area contributed by atoms with Gasteiger partial charge >= 0.3 is 0 Å². The van der Waals surface area contributed by atoms with Crippen molar-refractivity contribution in [1.82, 2.24) is 15.1 Å². The van der Waals surface area contributed by atoms with Crippen LogP contribution in [0.1, 0.15) is 41.0 Å². The minimum Gasteiger partial charge on any atom is -0.379 e. The fourth-order valence-electron chi connectivity index (χ4n) is 3.26. The number of rotatable bonds is 4. The van der Waals surface area contributed by atoms with Crippen LogP contribution in [0.2, 0.25) is 0 Å². The molecule has 0 atom stereocenters. The standard InChI is InChI=1S/C17H34N4O/c1-6-18-15(20-8-7-16(2,3)14-20)19-13-17(4,5)21-9-11-22-12-10-21/h6-14H2,1-5H3,(H,18,19). The lowest BCUT2D eigenvalue weighted by Gasteiger charge is -2.40. The number of ether oxygens (including phenoxy) is 1. The summed E-state index contributed by atoms with van der Waals surface area (Å²) in [7, 11) is 0. The lowest BCUT2D eigenvalue weighted by Crippen LogP contribution is -2.52. The Bertz CT molecular complexity index is 386. The van der Waals surface area contributed by atoms with Crippen molar-refractivity contribution >= 4 is 5.96 Å². The van der Waals surface area contributed by atoms with Gasteiger partial charge in [0.1, 0.15) is 0 Å². The second-order valence-electron chi connectivity index (χ2n) is 7.92. The Hall–Kier alpha value is -0.810. The number of nitrogens with zero attached hydrogens (tertiary/aromatic N) is 3. The summed E-state index contributed by atoms with van der Waals surface area (Å²) in [6.07, 6.45) is 1.24. The molecule has 1 N–H and O–H groups in total. The van der Waals surface area contributed by atoms with Crippen molar-refractivity contribution in [2.24, 2.45) is 10.4 Å². The van der Waals surface area contributed by atoms with Gasteiger partial charge in [-0.2, -0.15) is 0 Å². The summed E-state index contributed by atoms with van der Waals surface area (Å²) >= 11 is 0. The molecule has 5 heteroatoms. The summed E-state index contributed by atoms with van der Waals surface area (Å²) in [5.41, 5.74) is 0.482. The van der Waals surface area contributed by atoms with Gasteiger partial charge in [-0.1, -0.05) is 13.8 Å². The molecule has 0 unspecified atom stereocenters. The maximum atomic E-state index is 5.47. The number of hydrogen-bond donors (Lipinski definition) is 1. The molecule has 0 aliphatic carbocycles. The first kappa shape index (κ1) is 17.5. The molecule has 0 saturated carbocycles. The topological polar surface area (TPSA) is 40.1 Å². The second kappa shape index (κ2) is 7.18. The van der Waals surface area contributed by atoms with Gasteiger partial charge in [-0.05, 0) is 32.6 Å². The fraction of sp³-hybridized carbons (Fsp3) is 0.941. The fourth-order valence-corrected chi connectivity index (χ4v) is 3.26. The van der Waals surface area contributed by atoms with Crippen LogP contribution in [-0.2, 0) is 4.74 Å². The van der Waals surface area contributed by atoms with Crippen LogP contribution in [0.3, 0.4) is 0 Å². The molecule has 2 fully saturated rings. The Morgan fingerprint density at radius 2 is 1.91 bits per heavy atom. The molecule has 2 aliphatic rings. The van der Waals surface area contributed by atoms with Crippen molar-refractivity contribution in [3.8, 4) is 0 Å². The van der Waals surface area contributed by atoms with Crippen molar-refractivity contribution in [3.05, 3.63) is 0 Å². The summed E-state index contributed by atoms with van der Waals surface area (Å²) in [5, 5.41) is 3.47. The molecule has 0 bridgehead atoms. The zero-order valence-corrected chi connectivity index (χ0v) is 15.1. The molecular weight excluding hydrogens is 276 g/mol. The molecule has 2 saturated heterocycles. The van der Waals surface area contributed by atoms with E-state index in [1.54, 1.807) is 0 Å². The molecule has 5 nitrogen and oxygen atoms in total. The van der Waals surface area contributed by atoms with Gasteiger partial charge in [-0.15, -0.1) is 0 Å². The minimum atomic E-state index is 0.0830. The molecule has 0 aromatic heterocycles. The lowest BCUT2D eigenvalue weighted by atomic mass is 9.93. The van der Waals surface area contributed by atoms with E-state index in [9.17, 15) is 0 Å². The van der Waals surface area contributed by atoms with Crippen LogP contribution >= 0.6 is 0 Å². The molecular formula is C17H34N4O. The van der Waals surface area contributed by atoms with E-state index in [1.165, 1.54) is 6.42 Å². The SMILES string of the molecule is CCNC(=NCC(C)(C)N1CCOCC1)N1CCC(C)(C)C1. The normalized spacial score (nSPS) is 23.9. The average molecular weight is 310 g/mol. The van der Waals surface area contributed by atoms with Crippen molar-refractivity contribution in [2.75, 3.05) is 52.5 Å². The predicted molar refractivity (Wildman–Crippen MR) is 92.4 cm³/mol. The summed E-state index contributed by atoms with van der Waals surface area (Å²) in [5.74, 6) is 1.08. The zero-order valence-electron chi connectivity index (χ0n) is 15.1. The van der Waals surface area contributed by atoms with E-state index in [-0.39, 0.29) is 5.54 Å². The summed E-state index contributed by atoms with van der Waals surface area (Å²) in [6.45, 7) is 19.1. The smallest absolute Gasteiger partial charge is 0.193 e. The highest BCUT2D eigenvalue weighted by Crippen LogP contribution is 2.28. The van der Waals surface area contributed by atoms with E-state index in [0.29, 0.717) is 5.41 Å². The Kier molecular flexibility index (Phi) is 5.72. The van der Waals surface area contributed by atoms with Gasteiger partial charge in [0.15, 0.2) is 5.96 Å². The van der Waals surface area contributed by atoms with Crippen molar-refractivity contribution in [2.45, 2.75) is 46.6 Å². The van der Waals surface area contributed by atoms with Crippen molar-refractivity contribution in [1.29, 1.82) is 0 Å². The number of likely N-dealkylation sites (tertiary alicyclic amines) is 1. The van der Waals surface area contributed by atoms with E-state index in [1.807, 2.05) is 0 Å². The van der Waals surface area contributed by atoms with E-state index in [0.717, 1.165) is 58.4 Å². The Morgan fingerprint density at radius 3 is 2.45 bits per heavy atom. The third-order valence-electron chi connectivity index (χ3n) is 4.79. The maximum Gasteiger partial charge on any atom is 0.193 e. The molecule has 2 heterocycles. The van der Waals surface area contributed by atoms with Gasteiger partial charge in [-0.3, -0.25) is 9.89 Å². The quantitative estimate of drug-likeness (QED) is 0.635.